The van der Waals surface area contributed by atoms with Crippen LogP contribution in [0.2, 0.25) is 0 Å². The summed E-state index contributed by atoms with van der Waals surface area (Å²) < 4.78 is 11.1. The number of ketones is 1. The molecule has 1 atom stereocenters. The number of nitrogens with two attached hydrogens (primary N) is 1. The number of carbonyl (C=O) groups is 1. The van der Waals surface area contributed by atoms with Gasteiger partial charge in [-0.15, -0.1) is 0 Å². The number of hydrogen-bond acceptors (Lipinski definition) is 4. The highest BCUT2D eigenvalue weighted by Gasteiger charge is 2.30. The SMILES string of the molecule is Cc1cc(N)c2c(c1)C(=O)CC(c1ccco1)O2. The van der Waals surface area contributed by atoms with Crippen molar-refractivity contribution in [3.05, 3.63) is 47.4 Å². The van der Waals surface area contributed by atoms with E-state index in [0.717, 1.165) is 5.56 Å². The molecule has 92 valence electrons. The van der Waals surface area contributed by atoms with Gasteiger partial charge in [-0.3, -0.25) is 4.79 Å². The molecule has 4 heteroatoms. The second-order valence-electron chi connectivity index (χ2n) is 4.48. The molecule has 0 radical (unpaired) electrons. The third kappa shape index (κ3) is 1.66. The molecule has 2 heterocycles. The van der Waals surface area contributed by atoms with Crippen molar-refractivity contribution in [2.75, 3.05) is 5.73 Å². The van der Waals surface area contributed by atoms with Gasteiger partial charge in [0.15, 0.2) is 17.6 Å². The highest BCUT2D eigenvalue weighted by atomic mass is 16.5. The number of anilines is 1. The quantitative estimate of drug-likeness (QED) is 0.782. The Morgan fingerprint density at radius 3 is 2.94 bits per heavy atom. The predicted molar refractivity (Wildman–Crippen MR) is 66.6 cm³/mol. The lowest BCUT2D eigenvalue weighted by atomic mass is 9.97. The third-order valence-electron chi connectivity index (χ3n) is 3.05. The molecule has 0 amide bonds. The van der Waals surface area contributed by atoms with Gasteiger partial charge in [0.1, 0.15) is 5.76 Å². The Morgan fingerprint density at radius 1 is 1.39 bits per heavy atom. The minimum atomic E-state index is -0.384. The lowest BCUT2D eigenvalue weighted by molar-refractivity contribution is 0.0819. The van der Waals surface area contributed by atoms with E-state index in [9.17, 15) is 4.79 Å². The molecule has 1 unspecified atom stereocenters. The van der Waals surface area contributed by atoms with E-state index in [1.165, 1.54) is 0 Å². The zero-order valence-corrected chi connectivity index (χ0v) is 9.97. The first kappa shape index (κ1) is 10.9. The molecule has 1 aliphatic rings. The van der Waals surface area contributed by atoms with Crippen LogP contribution in [0.1, 0.15) is 34.2 Å². The number of rotatable bonds is 1. The van der Waals surface area contributed by atoms with Crippen LogP contribution in [0.5, 0.6) is 5.75 Å². The fraction of sp³-hybridized carbons (Fsp3) is 0.214. The predicted octanol–water partition coefficient (Wildman–Crippen LogP) is 2.88. The summed E-state index contributed by atoms with van der Waals surface area (Å²) in [5.74, 6) is 1.15. The number of ether oxygens (including phenoxy) is 1. The van der Waals surface area contributed by atoms with E-state index in [1.54, 1.807) is 24.5 Å². The van der Waals surface area contributed by atoms with E-state index >= 15 is 0 Å². The number of aryl methyl sites for hydroxylation is 1. The van der Waals surface area contributed by atoms with Crippen LogP contribution < -0.4 is 10.5 Å². The van der Waals surface area contributed by atoms with Crippen molar-refractivity contribution < 1.29 is 13.9 Å². The van der Waals surface area contributed by atoms with Gasteiger partial charge in [-0.25, -0.2) is 0 Å². The summed E-state index contributed by atoms with van der Waals surface area (Å²) in [4.78, 5) is 12.1. The molecular weight excluding hydrogens is 230 g/mol. The highest BCUT2D eigenvalue weighted by molar-refractivity contribution is 6.01. The lowest BCUT2D eigenvalue weighted by Gasteiger charge is -2.25. The Balaban J connectivity index is 2.05. The van der Waals surface area contributed by atoms with E-state index in [0.29, 0.717) is 22.8 Å². The molecule has 2 N–H and O–H groups in total. The van der Waals surface area contributed by atoms with Crippen LogP contribution in [-0.2, 0) is 0 Å². The number of nitrogen functional groups attached to an aromatic ring is 1. The van der Waals surface area contributed by atoms with Crippen LogP contribution in [-0.4, -0.2) is 5.78 Å². The Morgan fingerprint density at radius 2 is 2.22 bits per heavy atom. The average molecular weight is 243 g/mol. The zero-order valence-electron chi connectivity index (χ0n) is 9.97. The van der Waals surface area contributed by atoms with Crippen molar-refractivity contribution in [2.45, 2.75) is 19.4 Å². The van der Waals surface area contributed by atoms with Crippen molar-refractivity contribution in [3.63, 3.8) is 0 Å². The molecule has 0 spiro atoms. The number of hydrogen-bond donors (Lipinski definition) is 1. The van der Waals surface area contributed by atoms with Crippen LogP contribution in [0.15, 0.2) is 34.9 Å². The minimum Gasteiger partial charge on any atom is -0.479 e. The van der Waals surface area contributed by atoms with Crippen molar-refractivity contribution in [1.82, 2.24) is 0 Å². The van der Waals surface area contributed by atoms with Crippen LogP contribution in [0.4, 0.5) is 5.69 Å². The average Bonchev–Trinajstić information content (AvgIpc) is 2.83. The number of furan rings is 1. The van der Waals surface area contributed by atoms with Crippen LogP contribution in [0, 0.1) is 6.92 Å². The Labute approximate surface area is 104 Å². The molecule has 0 fully saturated rings. The summed E-state index contributed by atoms with van der Waals surface area (Å²) in [6, 6.07) is 7.19. The monoisotopic (exact) mass is 243 g/mol. The Bertz CT molecular complexity index is 602. The number of carbonyl (C=O) groups excluding carboxylic acids is 1. The fourth-order valence-corrected chi connectivity index (χ4v) is 2.24. The molecule has 18 heavy (non-hydrogen) atoms. The van der Waals surface area contributed by atoms with Gasteiger partial charge < -0.3 is 14.9 Å². The summed E-state index contributed by atoms with van der Waals surface area (Å²) in [5.41, 5.74) is 7.93. The first-order valence-electron chi connectivity index (χ1n) is 5.78. The molecule has 4 nitrogen and oxygen atoms in total. The maximum absolute atomic E-state index is 12.1. The van der Waals surface area contributed by atoms with Gasteiger partial charge in [0.05, 0.1) is 23.9 Å². The summed E-state index contributed by atoms with van der Waals surface area (Å²) in [5, 5.41) is 0. The van der Waals surface area contributed by atoms with Gasteiger partial charge in [-0.1, -0.05) is 0 Å². The molecule has 0 aliphatic carbocycles. The standard InChI is InChI=1S/C14H13NO3/c1-8-5-9-11(16)7-13(12-3-2-4-17-12)18-14(9)10(15)6-8/h2-6,13H,7,15H2,1H3. The van der Waals surface area contributed by atoms with Crippen molar-refractivity contribution in [3.8, 4) is 5.75 Å². The summed E-state index contributed by atoms with van der Waals surface area (Å²) >= 11 is 0. The Kier molecular flexibility index (Phi) is 2.37. The number of fused-ring (bicyclic) bond motifs is 1. The van der Waals surface area contributed by atoms with E-state index < -0.39 is 0 Å². The second-order valence-corrected chi connectivity index (χ2v) is 4.48. The smallest absolute Gasteiger partial charge is 0.170 e. The molecular formula is C14H13NO3. The maximum Gasteiger partial charge on any atom is 0.170 e. The van der Waals surface area contributed by atoms with E-state index in [2.05, 4.69) is 0 Å². The summed E-state index contributed by atoms with van der Waals surface area (Å²) in [6.07, 6.45) is 1.46. The highest BCUT2D eigenvalue weighted by Crippen LogP contribution is 2.39. The van der Waals surface area contributed by atoms with Crippen LogP contribution in [0.25, 0.3) is 0 Å². The molecule has 1 aromatic heterocycles. The molecule has 0 bridgehead atoms. The van der Waals surface area contributed by atoms with Crippen LogP contribution in [0.3, 0.4) is 0 Å². The fourth-order valence-electron chi connectivity index (χ4n) is 2.24. The van der Waals surface area contributed by atoms with Crippen molar-refractivity contribution in [1.29, 1.82) is 0 Å². The van der Waals surface area contributed by atoms with Crippen LogP contribution >= 0.6 is 0 Å². The first-order chi connectivity index (χ1) is 8.65. The number of benzene rings is 1. The van der Waals surface area contributed by atoms with Gasteiger partial charge in [-0.2, -0.15) is 0 Å². The van der Waals surface area contributed by atoms with Gasteiger partial charge in [0, 0.05) is 0 Å². The molecule has 0 saturated heterocycles. The van der Waals surface area contributed by atoms with Gasteiger partial charge >= 0.3 is 0 Å². The van der Waals surface area contributed by atoms with Gasteiger partial charge in [0.2, 0.25) is 0 Å². The third-order valence-corrected chi connectivity index (χ3v) is 3.05. The van der Waals surface area contributed by atoms with Gasteiger partial charge in [0.25, 0.3) is 0 Å². The normalized spacial score (nSPS) is 18.3. The molecule has 3 rings (SSSR count). The van der Waals surface area contributed by atoms with E-state index in [1.807, 2.05) is 13.0 Å². The minimum absolute atomic E-state index is 0.0352. The zero-order chi connectivity index (χ0) is 12.7. The summed E-state index contributed by atoms with van der Waals surface area (Å²) in [7, 11) is 0. The second kappa shape index (κ2) is 3.91. The molecule has 1 aromatic carbocycles. The first-order valence-corrected chi connectivity index (χ1v) is 5.78. The lowest BCUT2D eigenvalue weighted by Crippen LogP contribution is -2.21. The van der Waals surface area contributed by atoms with Crippen molar-refractivity contribution >= 4 is 11.5 Å². The number of Topliss-reactive ketones (excluding diaryl/α,β-unsaturated/α-hetero) is 1. The molecule has 1 aliphatic heterocycles. The Hall–Kier alpha value is -2.23. The van der Waals surface area contributed by atoms with E-state index in [4.69, 9.17) is 14.9 Å². The maximum atomic E-state index is 12.1. The van der Waals surface area contributed by atoms with E-state index in [-0.39, 0.29) is 18.3 Å². The summed E-state index contributed by atoms with van der Waals surface area (Å²) in [6.45, 7) is 1.91. The van der Waals surface area contributed by atoms with Crippen molar-refractivity contribution in [2.24, 2.45) is 0 Å². The largest absolute Gasteiger partial charge is 0.479 e. The topological polar surface area (TPSA) is 65.5 Å². The van der Waals surface area contributed by atoms with Gasteiger partial charge in [-0.05, 0) is 36.8 Å². The molecule has 0 saturated carbocycles. The molecule has 2 aromatic rings.